The standard InChI is InChI=1S/C15H17NO3/c1-15(7-9-4-2-3-5-10(9)8-15)16-13(17)11-6-12(11)14(18)19/h2-5,11-12H,6-8H2,1H3,(H,16,17)(H,18,19). The number of rotatable bonds is 3. The Balaban J connectivity index is 1.66. The zero-order chi connectivity index (χ0) is 13.6. The molecule has 2 unspecified atom stereocenters. The van der Waals surface area contributed by atoms with E-state index in [0.29, 0.717) is 6.42 Å². The van der Waals surface area contributed by atoms with Gasteiger partial charge in [-0.15, -0.1) is 0 Å². The molecular formula is C15H17NO3. The van der Waals surface area contributed by atoms with Crippen LogP contribution in [0.3, 0.4) is 0 Å². The number of carboxylic acid groups (broad SMARTS) is 1. The summed E-state index contributed by atoms with van der Waals surface area (Å²) in [5.74, 6) is -1.78. The van der Waals surface area contributed by atoms with Crippen molar-refractivity contribution >= 4 is 11.9 Å². The van der Waals surface area contributed by atoms with E-state index >= 15 is 0 Å². The minimum absolute atomic E-state index is 0.109. The van der Waals surface area contributed by atoms with Crippen molar-refractivity contribution in [3.05, 3.63) is 35.4 Å². The lowest BCUT2D eigenvalue weighted by Gasteiger charge is -2.25. The molecule has 1 saturated carbocycles. The number of benzene rings is 1. The minimum Gasteiger partial charge on any atom is -0.481 e. The summed E-state index contributed by atoms with van der Waals surface area (Å²) in [6, 6.07) is 8.19. The number of amides is 1. The lowest BCUT2D eigenvalue weighted by atomic mass is 9.98. The molecule has 0 aliphatic heterocycles. The van der Waals surface area contributed by atoms with Crippen LogP contribution in [0, 0.1) is 11.8 Å². The van der Waals surface area contributed by atoms with E-state index in [1.165, 1.54) is 11.1 Å². The number of carbonyl (C=O) groups excluding carboxylic acids is 1. The molecular weight excluding hydrogens is 242 g/mol. The van der Waals surface area contributed by atoms with Crippen LogP contribution < -0.4 is 5.32 Å². The van der Waals surface area contributed by atoms with Crippen LogP contribution in [0.5, 0.6) is 0 Å². The zero-order valence-electron chi connectivity index (χ0n) is 10.8. The Labute approximate surface area is 111 Å². The van der Waals surface area contributed by atoms with Gasteiger partial charge in [0.2, 0.25) is 5.91 Å². The summed E-state index contributed by atoms with van der Waals surface area (Å²) in [7, 11) is 0. The number of aliphatic carboxylic acids is 1. The Morgan fingerprint density at radius 1 is 1.21 bits per heavy atom. The molecule has 0 aromatic heterocycles. The van der Waals surface area contributed by atoms with Crippen LogP contribution >= 0.6 is 0 Å². The Morgan fingerprint density at radius 2 is 1.79 bits per heavy atom. The van der Waals surface area contributed by atoms with Gasteiger partial charge in [-0.2, -0.15) is 0 Å². The van der Waals surface area contributed by atoms with Gasteiger partial charge in [-0.1, -0.05) is 24.3 Å². The third kappa shape index (κ3) is 2.23. The van der Waals surface area contributed by atoms with Crippen molar-refractivity contribution in [2.45, 2.75) is 31.7 Å². The molecule has 2 aliphatic rings. The number of hydrogen-bond acceptors (Lipinski definition) is 2. The van der Waals surface area contributed by atoms with Crippen molar-refractivity contribution in [2.24, 2.45) is 11.8 Å². The first kappa shape index (κ1) is 12.2. The third-order valence-electron chi connectivity index (χ3n) is 4.15. The van der Waals surface area contributed by atoms with Gasteiger partial charge in [0.1, 0.15) is 0 Å². The Morgan fingerprint density at radius 3 is 2.26 bits per heavy atom. The summed E-state index contributed by atoms with van der Waals surface area (Å²) in [5.41, 5.74) is 2.28. The average Bonchev–Trinajstić information content (AvgIpc) is 3.06. The topological polar surface area (TPSA) is 66.4 Å². The molecule has 19 heavy (non-hydrogen) atoms. The lowest BCUT2D eigenvalue weighted by Crippen LogP contribution is -2.47. The highest BCUT2D eigenvalue weighted by atomic mass is 16.4. The summed E-state index contributed by atoms with van der Waals surface area (Å²) in [6.45, 7) is 2.03. The SMILES string of the molecule is CC1(NC(=O)C2CC2C(=O)O)Cc2ccccc2C1. The van der Waals surface area contributed by atoms with E-state index in [0.717, 1.165) is 12.8 Å². The van der Waals surface area contributed by atoms with Crippen LogP contribution in [0.1, 0.15) is 24.5 Å². The molecule has 1 aromatic rings. The quantitative estimate of drug-likeness (QED) is 0.861. The normalized spacial score (nSPS) is 26.6. The highest BCUT2D eigenvalue weighted by Gasteiger charge is 2.49. The second-order valence-corrected chi connectivity index (χ2v) is 5.96. The van der Waals surface area contributed by atoms with Gasteiger partial charge in [0.25, 0.3) is 0 Å². The smallest absolute Gasteiger partial charge is 0.307 e. The first-order valence-corrected chi connectivity index (χ1v) is 6.60. The Kier molecular flexibility index (Phi) is 2.62. The second-order valence-electron chi connectivity index (χ2n) is 5.96. The number of carboxylic acids is 1. The maximum atomic E-state index is 12.1. The highest BCUT2D eigenvalue weighted by molar-refractivity contribution is 5.89. The molecule has 0 heterocycles. The van der Waals surface area contributed by atoms with Crippen molar-refractivity contribution in [3.63, 3.8) is 0 Å². The van der Waals surface area contributed by atoms with E-state index in [2.05, 4.69) is 17.4 Å². The van der Waals surface area contributed by atoms with Crippen LogP contribution in [-0.4, -0.2) is 22.5 Å². The molecule has 0 bridgehead atoms. The maximum absolute atomic E-state index is 12.1. The summed E-state index contributed by atoms with van der Waals surface area (Å²) in [6.07, 6.45) is 2.11. The molecule has 4 heteroatoms. The van der Waals surface area contributed by atoms with E-state index in [-0.39, 0.29) is 17.4 Å². The van der Waals surface area contributed by atoms with Crippen molar-refractivity contribution in [1.82, 2.24) is 5.32 Å². The van der Waals surface area contributed by atoms with Gasteiger partial charge in [0, 0.05) is 5.54 Å². The molecule has 2 aliphatic carbocycles. The van der Waals surface area contributed by atoms with E-state index in [9.17, 15) is 9.59 Å². The molecule has 1 amide bonds. The lowest BCUT2D eigenvalue weighted by molar-refractivity contribution is -0.140. The minimum atomic E-state index is -0.861. The molecule has 0 saturated heterocycles. The van der Waals surface area contributed by atoms with Gasteiger partial charge in [0.05, 0.1) is 11.8 Å². The van der Waals surface area contributed by atoms with Crippen LogP contribution in [0.4, 0.5) is 0 Å². The van der Waals surface area contributed by atoms with Crippen molar-refractivity contribution in [1.29, 1.82) is 0 Å². The van der Waals surface area contributed by atoms with E-state index in [4.69, 9.17) is 5.11 Å². The Hall–Kier alpha value is -1.84. The fourth-order valence-electron chi connectivity index (χ4n) is 3.04. The number of hydrogen-bond donors (Lipinski definition) is 2. The molecule has 3 rings (SSSR count). The first-order valence-electron chi connectivity index (χ1n) is 6.60. The average molecular weight is 259 g/mol. The summed E-state index contributed by atoms with van der Waals surface area (Å²) >= 11 is 0. The van der Waals surface area contributed by atoms with E-state index in [1.807, 2.05) is 19.1 Å². The number of carbonyl (C=O) groups is 2. The van der Waals surface area contributed by atoms with Gasteiger partial charge < -0.3 is 10.4 Å². The molecule has 4 nitrogen and oxygen atoms in total. The molecule has 1 aromatic carbocycles. The predicted octanol–water partition coefficient (Wildman–Crippen LogP) is 1.38. The molecule has 0 spiro atoms. The van der Waals surface area contributed by atoms with Crippen LogP contribution in [0.15, 0.2) is 24.3 Å². The van der Waals surface area contributed by atoms with Gasteiger partial charge in [-0.3, -0.25) is 9.59 Å². The fourth-order valence-corrected chi connectivity index (χ4v) is 3.04. The van der Waals surface area contributed by atoms with Crippen LogP contribution in [0.25, 0.3) is 0 Å². The van der Waals surface area contributed by atoms with Crippen molar-refractivity contribution in [2.75, 3.05) is 0 Å². The molecule has 0 radical (unpaired) electrons. The first-order chi connectivity index (χ1) is 8.98. The molecule has 2 N–H and O–H groups in total. The summed E-state index contributed by atoms with van der Waals surface area (Å²) in [5, 5.41) is 11.9. The zero-order valence-corrected chi connectivity index (χ0v) is 10.8. The molecule has 100 valence electrons. The van der Waals surface area contributed by atoms with Crippen LogP contribution in [0.2, 0.25) is 0 Å². The summed E-state index contributed by atoms with van der Waals surface area (Å²) in [4.78, 5) is 22.8. The Bertz CT molecular complexity index is 527. The maximum Gasteiger partial charge on any atom is 0.307 e. The van der Waals surface area contributed by atoms with Gasteiger partial charge >= 0.3 is 5.97 Å². The van der Waals surface area contributed by atoms with E-state index in [1.54, 1.807) is 0 Å². The predicted molar refractivity (Wildman–Crippen MR) is 69.6 cm³/mol. The van der Waals surface area contributed by atoms with Gasteiger partial charge in [-0.05, 0) is 37.3 Å². The van der Waals surface area contributed by atoms with Gasteiger partial charge in [0.15, 0.2) is 0 Å². The number of fused-ring (bicyclic) bond motifs is 1. The monoisotopic (exact) mass is 259 g/mol. The number of nitrogens with one attached hydrogen (secondary N) is 1. The van der Waals surface area contributed by atoms with Crippen LogP contribution in [-0.2, 0) is 22.4 Å². The van der Waals surface area contributed by atoms with Gasteiger partial charge in [-0.25, -0.2) is 0 Å². The summed E-state index contributed by atoms with van der Waals surface area (Å²) < 4.78 is 0. The van der Waals surface area contributed by atoms with E-state index < -0.39 is 11.9 Å². The van der Waals surface area contributed by atoms with Crippen molar-refractivity contribution in [3.8, 4) is 0 Å². The molecule has 2 atom stereocenters. The fraction of sp³-hybridized carbons (Fsp3) is 0.467. The highest BCUT2D eigenvalue weighted by Crippen LogP contribution is 2.40. The largest absolute Gasteiger partial charge is 0.481 e. The molecule has 1 fully saturated rings. The second kappa shape index (κ2) is 4.08. The van der Waals surface area contributed by atoms with Crippen molar-refractivity contribution < 1.29 is 14.7 Å². The third-order valence-corrected chi connectivity index (χ3v) is 4.15.